The van der Waals surface area contributed by atoms with Crippen LogP contribution in [0.2, 0.25) is 5.02 Å². The van der Waals surface area contributed by atoms with Crippen LogP contribution >= 0.6 is 27.5 Å². The number of nitrogens with one attached hydrogen (secondary N) is 1. The molecule has 0 unspecified atom stereocenters. The minimum absolute atomic E-state index is 0.259. The van der Waals surface area contributed by atoms with Crippen molar-refractivity contribution in [1.82, 2.24) is 9.55 Å². The van der Waals surface area contributed by atoms with Gasteiger partial charge in [-0.05, 0) is 54.1 Å². The molecule has 0 amide bonds. The van der Waals surface area contributed by atoms with Crippen molar-refractivity contribution in [2.45, 2.75) is 6.04 Å². The zero-order valence-corrected chi connectivity index (χ0v) is 16.9. The van der Waals surface area contributed by atoms with Crippen LogP contribution in [0.5, 0.6) is 0 Å². The van der Waals surface area contributed by atoms with Crippen LogP contribution in [-0.2, 0) is 0 Å². The first-order chi connectivity index (χ1) is 13.6. The Bertz CT molecular complexity index is 1230. The number of nitrogens with zero attached hydrogens (tertiary/aromatic N) is 2. The van der Waals surface area contributed by atoms with Gasteiger partial charge in [-0.3, -0.25) is 4.57 Å². The summed E-state index contributed by atoms with van der Waals surface area (Å²) in [6, 6.07) is 20.1. The van der Waals surface area contributed by atoms with Gasteiger partial charge in [0.1, 0.15) is 5.82 Å². The van der Waals surface area contributed by atoms with E-state index >= 15 is 0 Å². The first kappa shape index (κ1) is 17.5. The molecule has 138 valence electrons. The Morgan fingerprint density at radius 2 is 1.82 bits per heavy atom. The van der Waals surface area contributed by atoms with E-state index in [4.69, 9.17) is 16.6 Å². The van der Waals surface area contributed by atoms with Gasteiger partial charge in [-0.1, -0.05) is 51.8 Å². The number of anilines is 1. The van der Waals surface area contributed by atoms with Crippen molar-refractivity contribution >= 4 is 50.2 Å². The molecule has 1 aromatic heterocycles. The fourth-order valence-electron chi connectivity index (χ4n) is 3.58. The lowest BCUT2D eigenvalue weighted by Crippen LogP contribution is -2.20. The number of fused-ring (bicyclic) bond motifs is 3. The molecule has 0 bridgehead atoms. The van der Waals surface area contributed by atoms with E-state index in [0.717, 1.165) is 26.8 Å². The zero-order chi connectivity index (χ0) is 19.3. The molecule has 28 heavy (non-hydrogen) atoms. The van der Waals surface area contributed by atoms with E-state index in [9.17, 15) is 4.39 Å². The number of benzene rings is 3. The van der Waals surface area contributed by atoms with Gasteiger partial charge in [0.15, 0.2) is 0 Å². The number of rotatable bonds is 2. The lowest BCUT2D eigenvalue weighted by Gasteiger charge is -2.27. The summed E-state index contributed by atoms with van der Waals surface area (Å²) in [5.74, 6) is 0.420. The van der Waals surface area contributed by atoms with Crippen molar-refractivity contribution in [2.75, 3.05) is 5.32 Å². The number of imidazole rings is 1. The third kappa shape index (κ3) is 2.91. The fourth-order valence-corrected chi connectivity index (χ4v) is 4.08. The van der Waals surface area contributed by atoms with Crippen LogP contribution in [0.1, 0.15) is 17.2 Å². The van der Waals surface area contributed by atoms with E-state index in [2.05, 4.69) is 21.2 Å². The summed E-state index contributed by atoms with van der Waals surface area (Å²) in [5, 5.41) is 4.06. The van der Waals surface area contributed by atoms with Gasteiger partial charge in [-0.25, -0.2) is 9.37 Å². The minimum Gasteiger partial charge on any atom is -0.325 e. The van der Waals surface area contributed by atoms with Crippen molar-refractivity contribution < 1.29 is 4.39 Å². The molecule has 2 heterocycles. The summed E-state index contributed by atoms with van der Waals surface area (Å²) in [5.41, 5.74) is 4.20. The van der Waals surface area contributed by atoms with Gasteiger partial charge in [0, 0.05) is 20.8 Å². The van der Waals surface area contributed by atoms with E-state index in [-0.39, 0.29) is 11.9 Å². The Morgan fingerprint density at radius 3 is 2.64 bits per heavy atom. The minimum atomic E-state index is -0.341. The molecule has 0 saturated carbocycles. The summed E-state index contributed by atoms with van der Waals surface area (Å²) in [6.45, 7) is 0. The molecule has 1 aliphatic rings. The van der Waals surface area contributed by atoms with Crippen LogP contribution < -0.4 is 5.32 Å². The Morgan fingerprint density at radius 1 is 1.04 bits per heavy atom. The molecule has 0 aliphatic carbocycles. The second-order valence-corrected chi connectivity index (χ2v) is 7.97. The predicted molar refractivity (Wildman–Crippen MR) is 115 cm³/mol. The number of allylic oxidation sites excluding steroid dienone is 1. The molecule has 0 saturated heterocycles. The van der Waals surface area contributed by atoms with Gasteiger partial charge in [0.2, 0.25) is 5.95 Å². The SMILES string of the molecule is Fc1ccc(Br)cc1[C@H]1C=C(c2ccc(Cl)cc2)Nc2nc3ccccc3n21. The molecule has 3 nitrogen and oxygen atoms in total. The van der Waals surface area contributed by atoms with Crippen molar-refractivity contribution in [3.63, 3.8) is 0 Å². The topological polar surface area (TPSA) is 29.9 Å². The summed E-state index contributed by atoms with van der Waals surface area (Å²) in [4.78, 5) is 4.73. The smallest absolute Gasteiger partial charge is 0.209 e. The van der Waals surface area contributed by atoms with Gasteiger partial charge in [0.25, 0.3) is 0 Å². The molecule has 6 heteroatoms. The molecule has 5 rings (SSSR count). The van der Waals surface area contributed by atoms with Gasteiger partial charge >= 0.3 is 0 Å². The number of hydrogen-bond acceptors (Lipinski definition) is 2. The molecule has 0 spiro atoms. The van der Waals surface area contributed by atoms with E-state index in [1.54, 1.807) is 6.07 Å². The maximum atomic E-state index is 14.8. The quantitative estimate of drug-likeness (QED) is 0.367. The van der Waals surface area contributed by atoms with Gasteiger partial charge in [-0.15, -0.1) is 0 Å². The lowest BCUT2D eigenvalue weighted by atomic mass is 10.0. The monoisotopic (exact) mass is 453 g/mol. The van der Waals surface area contributed by atoms with Crippen LogP contribution in [0.4, 0.5) is 10.3 Å². The molecule has 1 aliphatic heterocycles. The van der Waals surface area contributed by atoms with E-state index in [1.165, 1.54) is 6.07 Å². The van der Waals surface area contributed by atoms with Crippen LogP contribution in [0.15, 0.2) is 77.3 Å². The van der Waals surface area contributed by atoms with Crippen molar-refractivity contribution in [3.8, 4) is 0 Å². The van der Waals surface area contributed by atoms with Crippen molar-refractivity contribution in [3.05, 3.63) is 99.2 Å². The van der Waals surface area contributed by atoms with Gasteiger partial charge in [-0.2, -0.15) is 0 Å². The maximum Gasteiger partial charge on any atom is 0.209 e. The zero-order valence-electron chi connectivity index (χ0n) is 14.5. The third-order valence-electron chi connectivity index (χ3n) is 4.88. The Kier molecular flexibility index (Phi) is 4.22. The molecule has 4 aromatic rings. The van der Waals surface area contributed by atoms with Crippen LogP contribution in [-0.4, -0.2) is 9.55 Å². The van der Waals surface area contributed by atoms with Crippen molar-refractivity contribution in [1.29, 1.82) is 0 Å². The third-order valence-corrected chi connectivity index (χ3v) is 5.62. The second-order valence-electron chi connectivity index (χ2n) is 6.62. The highest BCUT2D eigenvalue weighted by Crippen LogP contribution is 2.38. The summed E-state index contributed by atoms with van der Waals surface area (Å²) < 4.78 is 17.7. The first-order valence-corrected chi connectivity index (χ1v) is 9.94. The largest absolute Gasteiger partial charge is 0.325 e. The van der Waals surface area contributed by atoms with Crippen LogP contribution in [0.3, 0.4) is 0 Å². The summed E-state index contributed by atoms with van der Waals surface area (Å²) in [7, 11) is 0. The highest BCUT2D eigenvalue weighted by Gasteiger charge is 2.27. The summed E-state index contributed by atoms with van der Waals surface area (Å²) in [6.07, 6.45) is 2.02. The Balaban J connectivity index is 1.75. The predicted octanol–water partition coefficient (Wildman–Crippen LogP) is 6.65. The van der Waals surface area contributed by atoms with Crippen LogP contribution in [0.25, 0.3) is 16.7 Å². The first-order valence-electron chi connectivity index (χ1n) is 8.77. The molecular formula is C22H14BrClFN3. The second kappa shape index (κ2) is 6.76. The molecular weight excluding hydrogens is 441 g/mol. The number of para-hydroxylation sites is 2. The van der Waals surface area contributed by atoms with E-state index in [0.29, 0.717) is 16.5 Å². The normalized spacial score (nSPS) is 15.8. The van der Waals surface area contributed by atoms with Crippen molar-refractivity contribution in [2.24, 2.45) is 0 Å². The van der Waals surface area contributed by atoms with Gasteiger partial charge < -0.3 is 5.32 Å². The standard InChI is InChI=1S/C22H14BrClFN3/c23-14-7-10-17(25)16(11-14)21-12-19(13-5-8-15(24)9-6-13)27-22-26-18-3-1-2-4-20(18)28(21)22/h1-12,21H,(H,26,27)/t21-/m1/s1. The highest BCUT2D eigenvalue weighted by molar-refractivity contribution is 9.10. The number of hydrogen-bond donors (Lipinski definition) is 1. The molecule has 0 radical (unpaired) electrons. The fraction of sp³-hybridized carbons (Fsp3) is 0.0455. The molecule has 3 aromatic carbocycles. The molecule has 1 atom stereocenters. The number of halogens is 3. The van der Waals surface area contributed by atoms with E-state index in [1.807, 2.05) is 65.2 Å². The average molecular weight is 455 g/mol. The lowest BCUT2D eigenvalue weighted by molar-refractivity contribution is 0.583. The van der Waals surface area contributed by atoms with Gasteiger partial charge in [0.05, 0.1) is 17.1 Å². The molecule has 0 fully saturated rings. The maximum absolute atomic E-state index is 14.8. The number of aromatic nitrogens is 2. The summed E-state index contributed by atoms with van der Waals surface area (Å²) >= 11 is 9.51. The Hall–Kier alpha value is -2.63. The Labute approximate surface area is 174 Å². The molecule has 1 N–H and O–H groups in total. The van der Waals surface area contributed by atoms with E-state index < -0.39 is 0 Å². The van der Waals surface area contributed by atoms with Crippen LogP contribution in [0, 0.1) is 5.82 Å². The average Bonchev–Trinajstić information content (AvgIpc) is 3.08. The highest BCUT2D eigenvalue weighted by atomic mass is 79.9.